The second-order valence-electron chi connectivity index (χ2n) is 6.39. The van der Waals surface area contributed by atoms with Gasteiger partial charge in [-0.05, 0) is 29.3 Å². The molecule has 9 nitrogen and oxygen atoms in total. The molecule has 0 bridgehead atoms. The Morgan fingerprint density at radius 2 is 2.17 bits per heavy atom. The highest BCUT2D eigenvalue weighted by atomic mass is 32.2. The standard InChI is InChI=1S/C20H22N6O3S/c1-21-24-20(22-12-30-11-19(27)28)15-7-14(8-17(9-15)25-29-3)13-4-5-18-16(6-13)10-23-26(18)2/h4-10,25H,1,11-12H2,2-3H3,(H,22,24)(H,27,28)/p+1. The van der Waals surface area contributed by atoms with Crippen molar-refractivity contribution in [1.29, 1.82) is 0 Å². The van der Waals surface area contributed by atoms with Crippen molar-refractivity contribution in [3.8, 4) is 11.1 Å². The predicted molar refractivity (Wildman–Crippen MR) is 119 cm³/mol. The highest BCUT2D eigenvalue weighted by molar-refractivity contribution is 7.99. The molecule has 0 aliphatic rings. The first kappa shape index (κ1) is 21.5. The van der Waals surface area contributed by atoms with Crippen LogP contribution in [0.5, 0.6) is 0 Å². The highest BCUT2D eigenvalue weighted by Crippen LogP contribution is 2.27. The molecule has 0 radical (unpaired) electrons. The van der Waals surface area contributed by atoms with Crippen LogP contribution in [-0.2, 0) is 16.7 Å². The fourth-order valence-electron chi connectivity index (χ4n) is 3.01. The van der Waals surface area contributed by atoms with Crippen molar-refractivity contribution >= 4 is 46.9 Å². The quantitative estimate of drug-likeness (QED) is 0.157. The van der Waals surface area contributed by atoms with Gasteiger partial charge in [0, 0.05) is 36.8 Å². The van der Waals surface area contributed by atoms with Gasteiger partial charge in [0.2, 0.25) is 0 Å². The number of nitrogens with two attached hydrogens (primary N) is 1. The molecule has 3 rings (SSSR count). The number of benzene rings is 2. The molecule has 0 aliphatic heterocycles. The van der Waals surface area contributed by atoms with Crippen LogP contribution in [0.1, 0.15) is 5.56 Å². The summed E-state index contributed by atoms with van der Waals surface area (Å²) in [5.74, 6) is -0.125. The summed E-state index contributed by atoms with van der Waals surface area (Å²) in [4.78, 5) is 20.4. The van der Waals surface area contributed by atoms with E-state index in [1.54, 1.807) is 12.6 Å². The molecule has 0 saturated carbocycles. The molecule has 1 aromatic heterocycles. The molecule has 0 saturated heterocycles. The second-order valence-corrected chi connectivity index (χ2v) is 7.34. The van der Waals surface area contributed by atoms with Gasteiger partial charge >= 0.3 is 5.97 Å². The van der Waals surface area contributed by atoms with E-state index in [0.717, 1.165) is 33.3 Å². The Labute approximate surface area is 177 Å². The van der Waals surface area contributed by atoms with Gasteiger partial charge in [-0.1, -0.05) is 6.07 Å². The van der Waals surface area contributed by atoms with Crippen LogP contribution in [0, 0.1) is 0 Å². The summed E-state index contributed by atoms with van der Waals surface area (Å²) in [5.41, 5.74) is 9.13. The number of aryl methyl sites for hydroxylation is 1. The van der Waals surface area contributed by atoms with E-state index in [0.29, 0.717) is 5.84 Å². The van der Waals surface area contributed by atoms with Crippen molar-refractivity contribution in [3.05, 3.63) is 48.2 Å². The average molecular weight is 428 g/mol. The number of carboxylic acid groups (broad SMARTS) is 1. The van der Waals surface area contributed by atoms with Crippen molar-refractivity contribution in [2.45, 2.75) is 0 Å². The lowest BCUT2D eigenvalue weighted by Gasteiger charge is -2.10. The minimum atomic E-state index is -0.878. The zero-order valence-corrected chi connectivity index (χ0v) is 17.5. The zero-order chi connectivity index (χ0) is 21.5. The van der Waals surface area contributed by atoms with E-state index in [2.05, 4.69) is 33.4 Å². The number of hydrazone groups is 1. The number of aromatic nitrogens is 2. The number of rotatable bonds is 9. The topological polar surface area (TPSA) is 118 Å². The summed E-state index contributed by atoms with van der Waals surface area (Å²) >= 11 is 1.20. The first-order chi connectivity index (χ1) is 14.5. The molecule has 0 fully saturated rings. The number of thioether (sulfide) groups is 1. The maximum atomic E-state index is 10.7. The molecule has 0 spiro atoms. The van der Waals surface area contributed by atoms with E-state index in [-0.39, 0.29) is 11.6 Å². The van der Waals surface area contributed by atoms with Crippen molar-refractivity contribution in [2.24, 2.45) is 17.1 Å². The largest absolute Gasteiger partial charge is 0.481 e. The minimum absolute atomic E-state index is 0.0217. The van der Waals surface area contributed by atoms with Crippen molar-refractivity contribution < 1.29 is 20.2 Å². The van der Waals surface area contributed by atoms with Crippen LogP contribution >= 0.6 is 11.8 Å². The van der Waals surface area contributed by atoms with Crippen molar-refractivity contribution in [1.82, 2.24) is 15.2 Å². The van der Waals surface area contributed by atoms with Gasteiger partial charge in [0.25, 0.3) is 0 Å². The van der Waals surface area contributed by atoms with Crippen LogP contribution in [0.2, 0.25) is 0 Å². The average Bonchev–Trinajstić information content (AvgIpc) is 3.10. The van der Waals surface area contributed by atoms with Gasteiger partial charge in [-0.2, -0.15) is 15.7 Å². The third-order valence-corrected chi connectivity index (χ3v) is 5.05. The summed E-state index contributed by atoms with van der Waals surface area (Å²) in [7, 11) is 3.50. The summed E-state index contributed by atoms with van der Waals surface area (Å²) < 4.78 is 1.83. The van der Waals surface area contributed by atoms with E-state index in [4.69, 9.17) is 9.94 Å². The summed E-state index contributed by atoms with van der Waals surface area (Å²) in [6.07, 6.45) is 1.83. The molecule has 4 N–H and O–H groups in total. The number of nitrogens with zero attached hydrogens (tertiary/aromatic N) is 4. The first-order valence-corrected chi connectivity index (χ1v) is 10.2. The smallest absolute Gasteiger partial charge is 0.313 e. The van der Waals surface area contributed by atoms with Gasteiger partial charge in [-0.25, -0.2) is 4.84 Å². The third kappa shape index (κ3) is 5.23. The highest BCUT2D eigenvalue weighted by Gasteiger charge is 2.12. The number of carbonyl (C=O) groups is 1. The van der Waals surface area contributed by atoms with Crippen LogP contribution in [0.3, 0.4) is 0 Å². The molecule has 1 heterocycles. The minimum Gasteiger partial charge on any atom is -0.481 e. The van der Waals surface area contributed by atoms with Gasteiger partial charge in [0.05, 0.1) is 30.5 Å². The lowest BCUT2D eigenvalue weighted by molar-refractivity contribution is -0.830. The number of nitrogens with one attached hydrogen (secondary N) is 1. The van der Waals surface area contributed by atoms with Gasteiger partial charge < -0.3 is 5.11 Å². The number of quaternary nitrogens is 1. The van der Waals surface area contributed by atoms with E-state index < -0.39 is 5.97 Å². The molecule has 0 unspecified atom stereocenters. The number of fused-ring (bicyclic) bond motifs is 1. The van der Waals surface area contributed by atoms with Crippen molar-refractivity contribution in [3.63, 3.8) is 0 Å². The number of hydrogen-bond acceptors (Lipinski definition) is 6. The molecule has 3 aromatic rings. The normalized spacial score (nSPS) is 11.6. The SMILES string of the molecule is C=NN/C(=N\CSCC(=O)O)c1cc([NH2+]OC)cc(-c2ccc3c(cnn3C)c2)c1. The maximum absolute atomic E-state index is 10.7. The molecule has 0 aliphatic carbocycles. The number of carboxylic acids is 1. The Balaban J connectivity index is 2.00. The van der Waals surface area contributed by atoms with E-state index in [9.17, 15) is 4.79 Å². The molecular weight excluding hydrogens is 404 g/mol. The Bertz CT molecular complexity index is 1100. The Hall–Kier alpha value is -3.21. The first-order valence-electron chi connectivity index (χ1n) is 9.01. The van der Waals surface area contributed by atoms with Crippen LogP contribution in [0.25, 0.3) is 22.0 Å². The second kappa shape index (κ2) is 10.0. The lowest BCUT2D eigenvalue weighted by Crippen LogP contribution is -2.76. The van der Waals surface area contributed by atoms with Crippen LogP contribution < -0.4 is 10.9 Å². The molecular formula is C20H23N6O3S+. The Kier molecular flexibility index (Phi) is 7.17. The fourth-order valence-corrected chi connectivity index (χ4v) is 3.50. The molecule has 156 valence electrons. The van der Waals surface area contributed by atoms with Gasteiger partial charge in [-0.15, -0.1) is 11.8 Å². The summed E-state index contributed by atoms with van der Waals surface area (Å²) in [6.45, 7) is 3.47. The third-order valence-electron chi connectivity index (χ3n) is 4.29. The van der Waals surface area contributed by atoms with Crippen LogP contribution in [-0.4, -0.2) is 52.1 Å². The van der Waals surface area contributed by atoms with Crippen LogP contribution in [0.15, 0.2) is 52.7 Å². The van der Waals surface area contributed by atoms with Gasteiger partial charge in [0.1, 0.15) is 5.84 Å². The molecule has 30 heavy (non-hydrogen) atoms. The van der Waals surface area contributed by atoms with E-state index >= 15 is 0 Å². The predicted octanol–water partition coefficient (Wildman–Crippen LogP) is 1.72. The summed E-state index contributed by atoms with van der Waals surface area (Å²) in [6, 6.07) is 12.1. The Morgan fingerprint density at radius 3 is 2.90 bits per heavy atom. The van der Waals surface area contributed by atoms with Crippen molar-refractivity contribution in [2.75, 3.05) is 18.7 Å². The monoisotopic (exact) mass is 427 g/mol. The number of hydrogen-bond donors (Lipinski definition) is 3. The lowest BCUT2D eigenvalue weighted by atomic mass is 10.0. The summed E-state index contributed by atoms with van der Waals surface area (Å²) in [5, 5.41) is 17.9. The van der Waals surface area contributed by atoms with Crippen LogP contribution in [0.4, 0.5) is 5.69 Å². The Morgan fingerprint density at radius 1 is 1.33 bits per heavy atom. The van der Waals surface area contributed by atoms with Gasteiger partial charge in [0.15, 0.2) is 5.69 Å². The molecule has 2 aromatic carbocycles. The fraction of sp³-hybridized carbons (Fsp3) is 0.200. The van der Waals surface area contributed by atoms with E-state index in [1.807, 2.05) is 48.3 Å². The number of aliphatic imine (C=N–C) groups is 1. The maximum Gasteiger partial charge on any atom is 0.313 e. The molecule has 0 atom stereocenters. The van der Waals surface area contributed by atoms with Gasteiger partial charge in [-0.3, -0.25) is 19.9 Å². The number of aliphatic carboxylic acids is 1. The zero-order valence-electron chi connectivity index (χ0n) is 16.7. The number of amidine groups is 1. The molecule has 10 heteroatoms. The molecule has 0 amide bonds. The van der Waals surface area contributed by atoms with E-state index in [1.165, 1.54) is 11.8 Å².